The second-order valence-electron chi connectivity index (χ2n) is 24.9. The Bertz CT molecular complexity index is 5110. The van der Waals surface area contributed by atoms with Crippen LogP contribution in [0.2, 0.25) is 0 Å². The maximum atomic E-state index is 6.96. The lowest BCUT2D eigenvalue weighted by molar-refractivity contribution is 0.651. The SMILES string of the molecule is Cc1ccc(-c2cc3c(c4c2oc2ccccc24)-c2ccc(N(c4ccc5c(c4)C(C)(C)c4cc6c(cc4-5)C(C)(C)c4ccc5oc7ccccc7c5c4-6)c4cccc5c6ccccc6n(-c6ccccc6)c45)cc2C3(C)C)c(C)c1. The van der Waals surface area contributed by atoms with Gasteiger partial charge in [0.1, 0.15) is 22.3 Å². The average Bonchev–Trinajstić information content (AvgIpc) is 4.45. The van der Waals surface area contributed by atoms with Gasteiger partial charge in [-0.25, -0.2) is 0 Å². The highest BCUT2D eigenvalue weighted by atomic mass is 16.3. The van der Waals surface area contributed by atoms with Crippen molar-refractivity contribution in [1.29, 1.82) is 0 Å². The third-order valence-corrected chi connectivity index (χ3v) is 19.3. The maximum Gasteiger partial charge on any atom is 0.143 e. The molecule has 0 saturated heterocycles. The molecule has 81 heavy (non-hydrogen) atoms. The number of fused-ring (bicyclic) bond motifs is 20. The van der Waals surface area contributed by atoms with Crippen molar-refractivity contribution in [3.8, 4) is 50.2 Å². The summed E-state index contributed by atoms with van der Waals surface area (Å²) in [5.41, 5.74) is 30.3. The Labute approximate surface area is 471 Å². The molecule has 14 aromatic rings. The molecule has 0 aliphatic heterocycles. The van der Waals surface area contributed by atoms with Crippen LogP contribution >= 0.6 is 0 Å². The Morgan fingerprint density at radius 2 is 0.938 bits per heavy atom. The van der Waals surface area contributed by atoms with Crippen LogP contribution in [0.25, 0.3) is 116 Å². The largest absolute Gasteiger partial charge is 0.456 e. The number of nitrogens with zero attached hydrogens (tertiary/aromatic N) is 2. The van der Waals surface area contributed by atoms with Crippen molar-refractivity contribution in [3.63, 3.8) is 0 Å². The van der Waals surface area contributed by atoms with E-state index in [1.165, 1.54) is 116 Å². The lowest BCUT2D eigenvalue weighted by atomic mass is 9.79. The molecule has 0 fully saturated rings. The van der Waals surface area contributed by atoms with Crippen LogP contribution in [0.15, 0.2) is 215 Å². The standard InChI is InChI=1S/C77H58N2O2/c1-43-29-32-48(44(2)37-43)56-41-63-69(72-54-23-14-17-28-67(54)81-74(56)72)52-34-31-47(39-60(52)77(63,7)8)78(65-26-18-24-51-50-21-12-15-25-64(50)79(73(51)65)45-19-10-9-11-20-45)46-30-33-49-55-40-62-57(42-61(55)76(5,6)59(49)38-46)70-58(75(62,3)4)35-36-68-71(70)53-22-13-16-27-66(53)80-68/h9-42H,1-8H3. The van der Waals surface area contributed by atoms with Crippen molar-refractivity contribution < 1.29 is 8.83 Å². The highest BCUT2D eigenvalue weighted by molar-refractivity contribution is 6.20. The van der Waals surface area contributed by atoms with E-state index in [1.54, 1.807) is 0 Å². The lowest BCUT2D eigenvalue weighted by Gasteiger charge is -2.30. The summed E-state index contributed by atoms with van der Waals surface area (Å²) >= 11 is 0. The summed E-state index contributed by atoms with van der Waals surface area (Å²) in [6.45, 7) is 18.9. The molecule has 0 bridgehead atoms. The number of hydrogen-bond acceptors (Lipinski definition) is 3. The zero-order chi connectivity index (χ0) is 54.6. The van der Waals surface area contributed by atoms with Crippen LogP contribution in [0, 0.1) is 13.8 Å². The minimum Gasteiger partial charge on any atom is -0.456 e. The first-order valence-electron chi connectivity index (χ1n) is 28.7. The minimum absolute atomic E-state index is 0.204. The lowest BCUT2D eigenvalue weighted by Crippen LogP contribution is -2.18. The number of furan rings is 2. The smallest absolute Gasteiger partial charge is 0.143 e. The fourth-order valence-electron chi connectivity index (χ4n) is 15.4. The van der Waals surface area contributed by atoms with Crippen LogP contribution in [0.1, 0.15) is 86.1 Å². The number of rotatable bonds is 5. The van der Waals surface area contributed by atoms with Crippen LogP contribution in [-0.4, -0.2) is 4.57 Å². The van der Waals surface area contributed by atoms with Crippen molar-refractivity contribution in [1.82, 2.24) is 4.57 Å². The van der Waals surface area contributed by atoms with Gasteiger partial charge in [0.2, 0.25) is 0 Å². The molecule has 4 nitrogen and oxygen atoms in total. The van der Waals surface area contributed by atoms with E-state index in [-0.39, 0.29) is 16.2 Å². The molecule has 3 aromatic heterocycles. The molecule has 388 valence electrons. The summed E-state index contributed by atoms with van der Waals surface area (Å²) in [6, 6.07) is 77.2. The van der Waals surface area contributed by atoms with Gasteiger partial charge in [0.25, 0.3) is 0 Å². The van der Waals surface area contributed by atoms with Gasteiger partial charge in [0, 0.05) is 71.2 Å². The summed E-state index contributed by atoms with van der Waals surface area (Å²) in [5.74, 6) is 0. The van der Waals surface area contributed by atoms with Crippen LogP contribution in [0.4, 0.5) is 17.1 Å². The van der Waals surface area contributed by atoms with Crippen molar-refractivity contribution >= 4 is 82.7 Å². The van der Waals surface area contributed by atoms with Crippen LogP contribution in [0.3, 0.4) is 0 Å². The van der Waals surface area contributed by atoms with Crippen LogP contribution < -0.4 is 4.90 Å². The fourth-order valence-corrected chi connectivity index (χ4v) is 15.4. The third kappa shape index (κ3) is 6.09. The zero-order valence-electron chi connectivity index (χ0n) is 46.8. The van der Waals surface area contributed by atoms with E-state index < -0.39 is 0 Å². The molecular weight excluding hydrogens is 985 g/mol. The summed E-state index contributed by atoms with van der Waals surface area (Å²) < 4.78 is 16.0. The number of aryl methyl sites for hydroxylation is 2. The van der Waals surface area contributed by atoms with E-state index in [1.807, 2.05) is 0 Å². The Balaban J connectivity index is 0.897. The summed E-state index contributed by atoms with van der Waals surface area (Å²) in [7, 11) is 0. The molecule has 3 heterocycles. The Kier molecular flexibility index (Phi) is 9.15. The number of hydrogen-bond donors (Lipinski definition) is 0. The molecule has 3 aliphatic rings. The quantitative estimate of drug-likeness (QED) is 0.172. The summed E-state index contributed by atoms with van der Waals surface area (Å²) in [4.78, 5) is 2.56. The predicted molar refractivity (Wildman–Crippen MR) is 338 cm³/mol. The first kappa shape index (κ1) is 46.5. The summed E-state index contributed by atoms with van der Waals surface area (Å²) in [6.07, 6.45) is 0. The number of para-hydroxylation sites is 5. The number of aromatic nitrogens is 1. The van der Waals surface area contributed by atoms with Gasteiger partial charge >= 0.3 is 0 Å². The zero-order valence-corrected chi connectivity index (χ0v) is 46.8. The molecule has 0 N–H and O–H groups in total. The van der Waals surface area contributed by atoms with E-state index in [0.717, 1.165) is 61.5 Å². The van der Waals surface area contributed by atoms with Gasteiger partial charge in [-0.2, -0.15) is 0 Å². The topological polar surface area (TPSA) is 34.5 Å². The first-order chi connectivity index (χ1) is 39.3. The highest BCUT2D eigenvalue weighted by Crippen LogP contribution is 2.61. The monoisotopic (exact) mass is 1040 g/mol. The average molecular weight is 1040 g/mol. The van der Waals surface area contributed by atoms with Gasteiger partial charge in [-0.15, -0.1) is 0 Å². The van der Waals surface area contributed by atoms with E-state index in [4.69, 9.17) is 8.83 Å². The molecule has 17 rings (SSSR count). The van der Waals surface area contributed by atoms with Gasteiger partial charge in [-0.05, 0) is 177 Å². The number of anilines is 3. The summed E-state index contributed by atoms with van der Waals surface area (Å²) in [5, 5.41) is 7.16. The molecule has 3 aliphatic carbocycles. The van der Waals surface area contributed by atoms with Crippen LogP contribution in [0.5, 0.6) is 0 Å². The normalized spacial score (nSPS) is 15.0. The van der Waals surface area contributed by atoms with Gasteiger partial charge in [-0.3, -0.25) is 0 Å². The second kappa shape index (κ2) is 15.9. The molecule has 0 atom stereocenters. The van der Waals surface area contributed by atoms with Crippen molar-refractivity contribution in [2.75, 3.05) is 4.90 Å². The van der Waals surface area contributed by atoms with E-state index in [9.17, 15) is 0 Å². The Morgan fingerprint density at radius 1 is 0.370 bits per heavy atom. The highest BCUT2D eigenvalue weighted by Gasteiger charge is 2.44. The molecule has 0 amide bonds. The molecule has 0 spiro atoms. The van der Waals surface area contributed by atoms with Gasteiger partial charge in [-0.1, -0.05) is 168 Å². The third-order valence-electron chi connectivity index (χ3n) is 19.3. The van der Waals surface area contributed by atoms with Crippen molar-refractivity contribution in [2.45, 2.75) is 71.6 Å². The van der Waals surface area contributed by atoms with Crippen LogP contribution in [-0.2, 0) is 16.2 Å². The van der Waals surface area contributed by atoms with Gasteiger partial charge in [0.05, 0.1) is 16.7 Å². The van der Waals surface area contributed by atoms with E-state index in [2.05, 4.69) is 271 Å². The maximum absolute atomic E-state index is 6.96. The van der Waals surface area contributed by atoms with E-state index in [0.29, 0.717) is 0 Å². The molecule has 0 saturated carbocycles. The molecule has 4 heteroatoms. The first-order valence-corrected chi connectivity index (χ1v) is 28.7. The fraction of sp³-hybridized carbons (Fsp3) is 0.143. The Hall–Kier alpha value is -9.38. The minimum atomic E-state index is -0.361. The van der Waals surface area contributed by atoms with Crippen molar-refractivity contribution in [2.24, 2.45) is 0 Å². The van der Waals surface area contributed by atoms with Crippen molar-refractivity contribution in [3.05, 3.63) is 251 Å². The molecular formula is C77H58N2O2. The van der Waals surface area contributed by atoms with Gasteiger partial charge in [0.15, 0.2) is 0 Å². The number of benzene rings is 11. The molecule has 11 aromatic carbocycles. The predicted octanol–water partition coefficient (Wildman–Crippen LogP) is 21.3. The van der Waals surface area contributed by atoms with E-state index >= 15 is 0 Å². The van der Waals surface area contributed by atoms with Gasteiger partial charge < -0.3 is 18.3 Å². The molecule has 0 unspecified atom stereocenters. The molecule has 0 radical (unpaired) electrons. The Morgan fingerprint density at radius 3 is 1.70 bits per heavy atom. The second-order valence-corrected chi connectivity index (χ2v) is 24.9.